The molecule has 0 saturated carbocycles. The maximum Gasteiger partial charge on any atom is 0.297 e. The lowest BCUT2D eigenvalue weighted by Gasteiger charge is -2.23. The number of rotatable bonds is 13. The zero-order valence-corrected chi connectivity index (χ0v) is 19.8. The van der Waals surface area contributed by atoms with E-state index in [2.05, 4.69) is 4.98 Å². The molecule has 1 aliphatic heterocycles. The fraction of sp³-hybridized carbons (Fsp3) is 0.560. The van der Waals surface area contributed by atoms with Crippen LogP contribution in [0.15, 0.2) is 53.7 Å². The van der Waals surface area contributed by atoms with E-state index in [-0.39, 0.29) is 17.3 Å². The standard InChI is InChI=1S/C25H35NO5S/c1-21-13-15-24(16-14-21)32(27,28)31-23(11-6-8-22-9-7-17-26-20-22)10-2-4-18-29-25-12-3-5-19-30-25/h7,9,13-17,20,23,25H,2-6,8,10-12,18-19H2,1H3. The van der Waals surface area contributed by atoms with Crippen LogP contribution in [-0.4, -0.2) is 39.0 Å². The molecule has 1 fully saturated rings. The van der Waals surface area contributed by atoms with Gasteiger partial charge in [0.2, 0.25) is 0 Å². The summed E-state index contributed by atoms with van der Waals surface area (Å²) in [6.45, 7) is 3.32. The van der Waals surface area contributed by atoms with Crippen molar-refractivity contribution in [2.24, 2.45) is 0 Å². The van der Waals surface area contributed by atoms with Crippen LogP contribution in [0.1, 0.15) is 62.5 Å². The predicted molar refractivity (Wildman–Crippen MR) is 124 cm³/mol. The van der Waals surface area contributed by atoms with Crippen molar-refractivity contribution in [3.05, 3.63) is 59.9 Å². The van der Waals surface area contributed by atoms with E-state index in [4.69, 9.17) is 13.7 Å². The van der Waals surface area contributed by atoms with Crippen molar-refractivity contribution < 1.29 is 22.1 Å². The van der Waals surface area contributed by atoms with Crippen LogP contribution in [0.5, 0.6) is 0 Å². The van der Waals surface area contributed by atoms with Gasteiger partial charge in [-0.2, -0.15) is 8.42 Å². The lowest BCUT2D eigenvalue weighted by molar-refractivity contribution is -0.162. The smallest absolute Gasteiger partial charge is 0.297 e. The Morgan fingerprint density at radius 3 is 2.62 bits per heavy atom. The average molecular weight is 462 g/mol. The number of hydrogen-bond acceptors (Lipinski definition) is 6. The van der Waals surface area contributed by atoms with E-state index in [9.17, 15) is 8.42 Å². The third-order valence-electron chi connectivity index (χ3n) is 5.65. The van der Waals surface area contributed by atoms with Crippen molar-refractivity contribution >= 4 is 10.1 Å². The minimum atomic E-state index is -3.79. The molecule has 7 heteroatoms. The van der Waals surface area contributed by atoms with E-state index in [1.165, 1.54) is 0 Å². The maximum absolute atomic E-state index is 12.8. The maximum atomic E-state index is 12.8. The van der Waals surface area contributed by atoms with E-state index in [0.29, 0.717) is 19.4 Å². The zero-order chi connectivity index (χ0) is 22.7. The van der Waals surface area contributed by atoms with E-state index in [0.717, 1.165) is 62.7 Å². The molecule has 2 heterocycles. The van der Waals surface area contributed by atoms with E-state index in [1.807, 2.05) is 25.3 Å². The molecule has 0 spiro atoms. The van der Waals surface area contributed by atoms with Crippen LogP contribution in [0.2, 0.25) is 0 Å². The minimum absolute atomic E-state index is 0.0859. The van der Waals surface area contributed by atoms with Crippen LogP contribution in [0.3, 0.4) is 0 Å². The number of nitrogens with zero attached hydrogens (tertiary/aromatic N) is 1. The second kappa shape index (κ2) is 13.0. The largest absolute Gasteiger partial charge is 0.353 e. The second-order valence-electron chi connectivity index (χ2n) is 8.40. The Hall–Kier alpha value is -1.80. The first-order valence-corrected chi connectivity index (χ1v) is 13.1. The molecule has 2 unspecified atom stereocenters. The Bertz CT molecular complexity index is 880. The Morgan fingerprint density at radius 1 is 1.09 bits per heavy atom. The molecule has 32 heavy (non-hydrogen) atoms. The molecule has 1 aromatic heterocycles. The lowest BCUT2D eigenvalue weighted by Crippen LogP contribution is -2.23. The van der Waals surface area contributed by atoms with Crippen molar-refractivity contribution in [2.45, 2.75) is 82.0 Å². The molecule has 176 valence electrons. The molecule has 1 aliphatic rings. The quantitative estimate of drug-likeness (QED) is 0.301. The summed E-state index contributed by atoms with van der Waals surface area (Å²) in [5.41, 5.74) is 2.16. The van der Waals surface area contributed by atoms with Gasteiger partial charge in [-0.1, -0.05) is 23.8 Å². The molecule has 1 aromatic carbocycles. The van der Waals surface area contributed by atoms with Crippen LogP contribution in [-0.2, 0) is 30.2 Å². The second-order valence-corrected chi connectivity index (χ2v) is 9.97. The summed E-state index contributed by atoms with van der Waals surface area (Å²) >= 11 is 0. The summed E-state index contributed by atoms with van der Waals surface area (Å²) in [4.78, 5) is 4.35. The minimum Gasteiger partial charge on any atom is -0.353 e. The highest BCUT2D eigenvalue weighted by Crippen LogP contribution is 2.21. The van der Waals surface area contributed by atoms with Gasteiger partial charge in [0.05, 0.1) is 11.0 Å². The SMILES string of the molecule is Cc1ccc(S(=O)(=O)OC(CCCCOC2CCCCO2)CCCc2cccnc2)cc1. The normalized spacial score (nSPS) is 17.8. The molecule has 1 saturated heterocycles. The Kier molecular flexibility index (Phi) is 10.1. The molecule has 0 radical (unpaired) electrons. The highest BCUT2D eigenvalue weighted by molar-refractivity contribution is 7.86. The zero-order valence-electron chi connectivity index (χ0n) is 18.9. The van der Waals surface area contributed by atoms with Crippen molar-refractivity contribution in [1.29, 1.82) is 0 Å². The third-order valence-corrected chi connectivity index (χ3v) is 7.02. The summed E-state index contributed by atoms with van der Waals surface area (Å²) in [6.07, 6.45) is 11.1. The van der Waals surface area contributed by atoms with Crippen LogP contribution >= 0.6 is 0 Å². The highest BCUT2D eigenvalue weighted by Gasteiger charge is 2.22. The van der Waals surface area contributed by atoms with Crippen LogP contribution in [0.4, 0.5) is 0 Å². The van der Waals surface area contributed by atoms with Gasteiger partial charge in [0, 0.05) is 25.6 Å². The van der Waals surface area contributed by atoms with Crippen molar-refractivity contribution in [1.82, 2.24) is 4.98 Å². The van der Waals surface area contributed by atoms with Gasteiger partial charge in [0.1, 0.15) is 0 Å². The first kappa shape index (κ1) is 24.8. The number of ether oxygens (including phenoxy) is 2. The number of aryl methyl sites for hydroxylation is 2. The molecule has 2 aromatic rings. The molecule has 6 nitrogen and oxygen atoms in total. The molecule has 0 bridgehead atoms. The topological polar surface area (TPSA) is 74.7 Å². The summed E-state index contributed by atoms with van der Waals surface area (Å²) in [7, 11) is -3.79. The molecule has 0 amide bonds. The van der Waals surface area contributed by atoms with E-state index < -0.39 is 10.1 Å². The first-order valence-electron chi connectivity index (χ1n) is 11.6. The molecular weight excluding hydrogens is 426 g/mol. The van der Waals surface area contributed by atoms with Gasteiger partial charge in [-0.05, 0) is 88.5 Å². The molecular formula is C25H35NO5S. The van der Waals surface area contributed by atoms with Gasteiger partial charge < -0.3 is 9.47 Å². The average Bonchev–Trinajstić information content (AvgIpc) is 2.80. The number of pyridine rings is 1. The Morgan fingerprint density at radius 2 is 1.91 bits per heavy atom. The molecule has 0 aliphatic carbocycles. The fourth-order valence-corrected chi connectivity index (χ4v) is 4.92. The monoisotopic (exact) mass is 461 g/mol. The summed E-state index contributed by atoms with van der Waals surface area (Å²) in [5.74, 6) is 0. The van der Waals surface area contributed by atoms with Gasteiger partial charge in [0.25, 0.3) is 10.1 Å². The van der Waals surface area contributed by atoms with E-state index >= 15 is 0 Å². The molecule has 2 atom stereocenters. The number of benzene rings is 1. The summed E-state index contributed by atoms with van der Waals surface area (Å²) < 4.78 is 42.7. The van der Waals surface area contributed by atoms with Crippen molar-refractivity contribution in [3.8, 4) is 0 Å². The molecule has 3 rings (SSSR count). The third kappa shape index (κ3) is 8.62. The summed E-state index contributed by atoms with van der Waals surface area (Å²) in [6, 6.07) is 10.7. The first-order chi connectivity index (χ1) is 15.5. The van der Waals surface area contributed by atoms with E-state index in [1.54, 1.807) is 30.5 Å². The van der Waals surface area contributed by atoms with Crippen LogP contribution < -0.4 is 0 Å². The van der Waals surface area contributed by atoms with Gasteiger partial charge in [-0.15, -0.1) is 0 Å². The van der Waals surface area contributed by atoms with Gasteiger partial charge in [-0.25, -0.2) is 0 Å². The lowest BCUT2D eigenvalue weighted by atomic mass is 10.0. The number of hydrogen-bond donors (Lipinski definition) is 0. The van der Waals surface area contributed by atoms with Gasteiger partial charge in [0.15, 0.2) is 6.29 Å². The van der Waals surface area contributed by atoms with Crippen LogP contribution in [0, 0.1) is 6.92 Å². The Labute approximate surface area is 192 Å². The number of aromatic nitrogens is 1. The van der Waals surface area contributed by atoms with Crippen molar-refractivity contribution in [3.63, 3.8) is 0 Å². The number of unbranched alkanes of at least 4 members (excludes halogenated alkanes) is 1. The van der Waals surface area contributed by atoms with Crippen LogP contribution in [0.25, 0.3) is 0 Å². The van der Waals surface area contributed by atoms with Crippen molar-refractivity contribution in [2.75, 3.05) is 13.2 Å². The van der Waals surface area contributed by atoms with Gasteiger partial charge in [-0.3, -0.25) is 9.17 Å². The predicted octanol–water partition coefficient (Wildman–Crippen LogP) is 5.20. The summed E-state index contributed by atoms with van der Waals surface area (Å²) in [5, 5.41) is 0. The Balaban J connectivity index is 1.50. The highest BCUT2D eigenvalue weighted by atomic mass is 32.2. The molecule has 0 N–H and O–H groups in total. The fourth-order valence-electron chi connectivity index (χ4n) is 3.79. The van der Waals surface area contributed by atoms with Gasteiger partial charge >= 0.3 is 0 Å².